The molecule has 4 nitrogen and oxygen atoms in total. The highest BCUT2D eigenvalue weighted by Crippen LogP contribution is 2.22. The predicted molar refractivity (Wildman–Crippen MR) is 75.0 cm³/mol. The molecule has 0 aliphatic carbocycles. The van der Waals surface area contributed by atoms with Crippen molar-refractivity contribution in [2.24, 2.45) is 0 Å². The van der Waals surface area contributed by atoms with Gasteiger partial charge in [0.1, 0.15) is 17.7 Å². The fourth-order valence-electron chi connectivity index (χ4n) is 1.88. The minimum Gasteiger partial charge on any atom is -0.385 e. The van der Waals surface area contributed by atoms with Crippen molar-refractivity contribution in [2.45, 2.75) is 0 Å². The van der Waals surface area contributed by atoms with Crippen LogP contribution in [0.1, 0.15) is 15.9 Å². The number of anilines is 2. The number of amides is 1. The smallest absolute Gasteiger partial charge is 0.257 e. The lowest BCUT2D eigenvalue weighted by atomic mass is 10.1. The van der Waals surface area contributed by atoms with E-state index in [9.17, 15) is 13.6 Å². The molecule has 2 N–H and O–H groups in total. The second kappa shape index (κ2) is 6.01. The number of nitriles is 1. The number of nitrogens with zero attached hydrogens (tertiary/aromatic N) is 1. The molecule has 0 heterocycles. The number of hydrogen-bond acceptors (Lipinski definition) is 3. The van der Waals surface area contributed by atoms with Gasteiger partial charge in [-0.1, -0.05) is 6.07 Å². The number of benzene rings is 2. The number of rotatable bonds is 3. The van der Waals surface area contributed by atoms with E-state index in [0.717, 1.165) is 12.1 Å². The Morgan fingerprint density at radius 3 is 2.67 bits per heavy atom. The van der Waals surface area contributed by atoms with Gasteiger partial charge in [0.15, 0.2) is 0 Å². The molecule has 2 aromatic carbocycles. The Morgan fingerprint density at radius 1 is 1.24 bits per heavy atom. The molecular formula is C15H11F2N3O. The van der Waals surface area contributed by atoms with Crippen LogP contribution < -0.4 is 10.6 Å². The van der Waals surface area contributed by atoms with Crippen LogP contribution in [-0.2, 0) is 0 Å². The standard InChI is InChI=1S/C15H11F2N3O/c1-19-14-11(3-2-4-12(14)17)15(21)20-13-6-5-10(16)7-9(13)8-18/h2-7,19H,1H3,(H,20,21). The summed E-state index contributed by atoms with van der Waals surface area (Å²) in [4.78, 5) is 12.2. The van der Waals surface area contributed by atoms with Crippen molar-refractivity contribution >= 4 is 17.3 Å². The fraction of sp³-hybridized carbons (Fsp3) is 0.0667. The van der Waals surface area contributed by atoms with Gasteiger partial charge in [-0.05, 0) is 30.3 Å². The van der Waals surface area contributed by atoms with Gasteiger partial charge in [-0.2, -0.15) is 5.26 Å². The zero-order chi connectivity index (χ0) is 15.4. The highest BCUT2D eigenvalue weighted by Gasteiger charge is 2.15. The maximum Gasteiger partial charge on any atom is 0.257 e. The first-order valence-electron chi connectivity index (χ1n) is 6.04. The van der Waals surface area contributed by atoms with Crippen molar-refractivity contribution in [1.29, 1.82) is 5.26 Å². The normalized spacial score (nSPS) is 9.81. The van der Waals surface area contributed by atoms with Crippen LogP contribution in [0.15, 0.2) is 36.4 Å². The molecule has 21 heavy (non-hydrogen) atoms. The Kier molecular flexibility index (Phi) is 4.14. The minimum atomic E-state index is -0.595. The lowest BCUT2D eigenvalue weighted by Gasteiger charge is -2.11. The molecule has 0 saturated carbocycles. The summed E-state index contributed by atoms with van der Waals surface area (Å²) in [6, 6.07) is 9.28. The first-order valence-corrected chi connectivity index (χ1v) is 6.04. The van der Waals surface area contributed by atoms with Gasteiger partial charge in [-0.15, -0.1) is 0 Å². The Morgan fingerprint density at radius 2 is 2.00 bits per heavy atom. The molecule has 106 valence electrons. The Bertz CT molecular complexity index is 738. The fourth-order valence-corrected chi connectivity index (χ4v) is 1.88. The zero-order valence-electron chi connectivity index (χ0n) is 11.1. The van der Waals surface area contributed by atoms with Crippen LogP contribution in [0, 0.1) is 23.0 Å². The van der Waals surface area contributed by atoms with Crippen molar-refractivity contribution in [3.05, 3.63) is 59.2 Å². The molecule has 1 amide bonds. The summed E-state index contributed by atoms with van der Waals surface area (Å²) >= 11 is 0. The third-order valence-corrected chi connectivity index (χ3v) is 2.86. The van der Waals surface area contributed by atoms with Crippen LogP contribution >= 0.6 is 0 Å². The molecule has 2 rings (SSSR count). The van der Waals surface area contributed by atoms with Crippen molar-refractivity contribution in [3.8, 4) is 6.07 Å². The quantitative estimate of drug-likeness (QED) is 0.911. The summed E-state index contributed by atoms with van der Waals surface area (Å²) in [5, 5.41) is 14.0. The van der Waals surface area contributed by atoms with Gasteiger partial charge in [0.25, 0.3) is 5.91 Å². The molecular weight excluding hydrogens is 276 g/mol. The SMILES string of the molecule is CNc1c(F)cccc1C(=O)Nc1ccc(F)cc1C#N. The van der Waals surface area contributed by atoms with Crippen LogP contribution in [-0.4, -0.2) is 13.0 Å². The lowest BCUT2D eigenvalue weighted by molar-refractivity contribution is 0.102. The van der Waals surface area contributed by atoms with E-state index >= 15 is 0 Å². The van der Waals surface area contributed by atoms with Crippen molar-refractivity contribution in [2.75, 3.05) is 17.7 Å². The highest BCUT2D eigenvalue weighted by molar-refractivity contribution is 6.08. The van der Waals surface area contributed by atoms with E-state index in [1.807, 2.05) is 0 Å². The molecule has 0 atom stereocenters. The summed E-state index contributed by atoms with van der Waals surface area (Å²) in [5.74, 6) is -1.74. The topological polar surface area (TPSA) is 64.9 Å². The van der Waals surface area contributed by atoms with Gasteiger partial charge < -0.3 is 10.6 Å². The molecule has 0 aliphatic heterocycles. The average Bonchev–Trinajstić information content (AvgIpc) is 2.48. The molecule has 0 unspecified atom stereocenters. The number of nitrogens with one attached hydrogen (secondary N) is 2. The largest absolute Gasteiger partial charge is 0.385 e. The summed E-state index contributed by atoms with van der Waals surface area (Å²) < 4.78 is 26.6. The Balaban J connectivity index is 2.36. The van der Waals surface area contributed by atoms with Gasteiger partial charge in [0.2, 0.25) is 0 Å². The van der Waals surface area contributed by atoms with Crippen LogP contribution in [0.2, 0.25) is 0 Å². The van der Waals surface area contributed by atoms with E-state index in [2.05, 4.69) is 10.6 Å². The number of hydrogen-bond donors (Lipinski definition) is 2. The Labute approximate surface area is 120 Å². The molecule has 0 spiro atoms. The number of para-hydroxylation sites is 1. The van der Waals surface area contributed by atoms with Gasteiger partial charge in [0.05, 0.1) is 22.5 Å². The van der Waals surface area contributed by atoms with E-state index in [0.29, 0.717) is 0 Å². The van der Waals surface area contributed by atoms with E-state index in [-0.39, 0.29) is 22.5 Å². The van der Waals surface area contributed by atoms with Gasteiger partial charge >= 0.3 is 0 Å². The molecule has 0 radical (unpaired) electrons. The van der Waals surface area contributed by atoms with Gasteiger partial charge in [-0.25, -0.2) is 8.78 Å². The number of carbonyl (C=O) groups excluding carboxylic acids is 1. The summed E-state index contributed by atoms with van der Waals surface area (Å²) in [6.07, 6.45) is 0. The molecule has 6 heteroatoms. The van der Waals surface area contributed by atoms with Crippen LogP contribution in [0.5, 0.6) is 0 Å². The summed E-state index contributed by atoms with van der Waals surface area (Å²) in [7, 11) is 1.49. The van der Waals surface area contributed by atoms with E-state index in [4.69, 9.17) is 5.26 Å². The third kappa shape index (κ3) is 2.98. The third-order valence-electron chi connectivity index (χ3n) is 2.86. The second-order valence-electron chi connectivity index (χ2n) is 4.17. The number of halogens is 2. The van der Waals surface area contributed by atoms with Crippen molar-refractivity contribution in [3.63, 3.8) is 0 Å². The van der Waals surface area contributed by atoms with E-state index < -0.39 is 17.5 Å². The van der Waals surface area contributed by atoms with Crippen LogP contribution in [0.25, 0.3) is 0 Å². The second-order valence-corrected chi connectivity index (χ2v) is 4.17. The predicted octanol–water partition coefficient (Wildman–Crippen LogP) is 3.13. The van der Waals surface area contributed by atoms with Gasteiger partial charge in [0, 0.05) is 7.05 Å². The lowest BCUT2D eigenvalue weighted by Crippen LogP contribution is -2.15. The van der Waals surface area contributed by atoms with Crippen LogP contribution in [0.4, 0.5) is 20.2 Å². The molecule has 0 bridgehead atoms. The number of carbonyl (C=O) groups is 1. The molecule has 0 aromatic heterocycles. The summed E-state index contributed by atoms with van der Waals surface area (Å²) in [6.45, 7) is 0. The first kappa shape index (κ1) is 14.5. The summed E-state index contributed by atoms with van der Waals surface area (Å²) in [5.41, 5.74) is 0.294. The van der Waals surface area contributed by atoms with Crippen LogP contribution in [0.3, 0.4) is 0 Å². The zero-order valence-corrected chi connectivity index (χ0v) is 11.1. The average molecular weight is 287 g/mol. The maximum atomic E-state index is 13.6. The molecule has 0 saturated heterocycles. The monoisotopic (exact) mass is 287 g/mol. The van der Waals surface area contributed by atoms with Crippen molar-refractivity contribution in [1.82, 2.24) is 0 Å². The first-order chi connectivity index (χ1) is 10.1. The molecule has 0 aliphatic rings. The Hall–Kier alpha value is -2.94. The highest BCUT2D eigenvalue weighted by atomic mass is 19.1. The van der Waals surface area contributed by atoms with Crippen molar-refractivity contribution < 1.29 is 13.6 Å². The van der Waals surface area contributed by atoms with E-state index in [1.165, 1.54) is 31.3 Å². The van der Waals surface area contributed by atoms with Gasteiger partial charge in [-0.3, -0.25) is 4.79 Å². The van der Waals surface area contributed by atoms with E-state index in [1.54, 1.807) is 6.07 Å². The molecule has 2 aromatic rings. The molecule has 0 fully saturated rings. The maximum absolute atomic E-state index is 13.6. The minimum absolute atomic E-state index is 0.00855.